The van der Waals surface area contributed by atoms with Gasteiger partial charge in [0, 0.05) is 0 Å². The second-order valence-corrected chi connectivity index (χ2v) is 7.45. The average Bonchev–Trinajstić information content (AvgIpc) is 2.99. The van der Waals surface area contributed by atoms with Gasteiger partial charge in [0.1, 0.15) is 5.75 Å². The van der Waals surface area contributed by atoms with Crippen molar-refractivity contribution in [2.45, 2.75) is 39.0 Å². The molecule has 2 fully saturated rings. The maximum absolute atomic E-state index is 12.8. The zero-order valence-electron chi connectivity index (χ0n) is 15.9. The average molecular weight is 377 g/mol. The Morgan fingerprint density at radius 1 is 1.00 bits per heavy atom. The second kappa shape index (κ2) is 7.58. The van der Waals surface area contributed by atoms with E-state index in [0.29, 0.717) is 17.0 Å². The van der Waals surface area contributed by atoms with E-state index in [1.807, 2.05) is 12.1 Å². The molecule has 2 amide bonds. The number of imide groups is 1. The highest BCUT2D eigenvalue weighted by Gasteiger charge is 2.48. The Labute approximate surface area is 164 Å². The van der Waals surface area contributed by atoms with E-state index in [1.165, 1.54) is 4.90 Å². The Kier molecular flexibility index (Phi) is 4.99. The third-order valence-corrected chi connectivity index (χ3v) is 5.72. The summed E-state index contributed by atoms with van der Waals surface area (Å²) in [7, 11) is 0. The Morgan fingerprint density at radius 2 is 1.64 bits per heavy atom. The second-order valence-electron chi connectivity index (χ2n) is 7.45. The van der Waals surface area contributed by atoms with Crippen molar-refractivity contribution in [1.29, 1.82) is 0 Å². The SMILES string of the molecule is CCc1ccc(OC(=O)c2cccc(N3C(=O)[C@@H]4CCCC[C@H]4C3=O)c2)cc1. The van der Waals surface area contributed by atoms with Crippen LogP contribution >= 0.6 is 0 Å². The first-order chi connectivity index (χ1) is 13.6. The van der Waals surface area contributed by atoms with Gasteiger partial charge in [-0.25, -0.2) is 4.79 Å². The zero-order valence-corrected chi connectivity index (χ0v) is 15.9. The Hall–Kier alpha value is -2.95. The molecule has 5 nitrogen and oxygen atoms in total. The number of carbonyl (C=O) groups excluding carboxylic acids is 3. The third-order valence-electron chi connectivity index (χ3n) is 5.72. The summed E-state index contributed by atoms with van der Waals surface area (Å²) in [5, 5.41) is 0. The molecule has 2 aromatic carbocycles. The van der Waals surface area contributed by atoms with E-state index >= 15 is 0 Å². The van der Waals surface area contributed by atoms with E-state index in [9.17, 15) is 14.4 Å². The summed E-state index contributed by atoms with van der Waals surface area (Å²) < 4.78 is 5.44. The summed E-state index contributed by atoms with van der Waals surface area (Å²) in [4.78, 5) is 39.3. The van der Waals surface area contributed by atoms with Gasteiger partial charge in [0.15, 0.2) is 0 Å². The number of rotatable bonds is 4. The minimum atomic E-state index is -0.511. The number of ether oxygens (including phenoxy) is 1. The fourth-order valence-electron chi connectivity index (χ4n) is 4.15. The van der Waals surface area contributed by atoms with Gasteiger partial charge in [-0.3, -0.25) is 14.5 Å². The van der Waals surface area contributed by atoms with Gasteiger partial charge >= 0.3 is 5.97 Å². The predicted octanol–water partition coefficient (Wildman–Crippen LogP) is 4.15. The molecule has 2 aliphatic rings. The lowest BCUT2D eigenvalue weighted by Crippen LogP contribution is -2.31. The monoisotopic (exact) mass is 377 g/mol. The maximum Gasteiger partial charge on any atom is 0.343 e. The van der Waals surface area contributed by atoms with Gasteiger partial charge in [-0.05, 0) is 55.2 Å². The van der Waals surface area contributed by atoms with Crippen molar-refractivity contribution in [2.24, 2.45) is 11.8 Å². The molecule has 1 aliphatic heterocycles. The van der Waals surface area contributed by atoms with Crippen molar-refractivity contribution in [2.75, 3.05) is 4.90 Å². The number of aryl methyl sites for hydroxylation is 1. The number of fused-ring (bicyclic) bond motifs is 1. The van der Waals surface area contributed by atoms with Gasteiger partial charge in [-0.1, -0.05) is 38.0 Å². The molecule has 144 valence electrons. The Morgan fingerprint density at radius 3 is 2.25 bits per heavy atom. The van der Waals surface area contributed by atoms with E-state index in [-0.39, 0.29) is 23.7 Å². The number of esters is 1. The number of amides is 2. The fraction of sp³-hybridized carbons (Fsp3) is 0.348. The van der Waals surface area contributed by atoms with E-state index in [0.717, 1.165) is 37.7 Å². The van der Waals surface area contributed by atoms with Crippen LogP contribution in [0.3, 0.4) is 0 Å². The number of hydrogen-bond acceptors (Lipinski definition) is 4. The van der Waals surface area contributed by atoms with Crippen LogP contribution < -0.4 is 9.64 Å². The molecule has 5 heteroatoms. The lowest BCUT2D eigenvalue weighted by atomic mass is 9.81. The molecule has 28 heavy (non-hydrogen) atoms. The van der Waals surface area contributed by atoms with E-state index in [4.69, 9.17) is 4.74 Å². The Balaban J connectivity index is 1.54. The van der Waals surface area contributed by atoms with Crippen LogP contribution in [0, 0.1) is 11.8 Å². The number of anilines is 1. The molecule has 0 unspecified atom stereocenters. The highest BCUT2D eigenvalue weighted by Crippen LogP contribution is 2.40. The van der Waals surface area contributed by atoms with Gasteiger partial charge in [-0.15, -0.1) is 0 Å². The molecule has 1 saturated heterocycles. The molecule has 0 radical (unpaired) electrons. The largest absolute Gasteiger partial charge is 0.423 e. The molecule has 1 heterocycles. The molecule has 2 atom stereocenters. The molecule has 0 aromatic heterocycles. The lowest BCUT2D eigenvalue weighted by molar-refractivity contribution is -0.122. The molecule has 2 aromatic rings. The van der Waals surface area contributed by atoms with Gasteiger partial charge in [0.05, 0.1) is 23.1 Å². The summed E-state index contributed by atoms with van der Waals surface area (Å²) in [6, 6.07) is 13.9. The first-order valence-electron chi connectivity index (χ1n) is 9.87. The highest BCUT2D eigenvalue weighted by molar-refractivity contribution is 6.22. The van der Waals surface area contributed by atoms with Crippen molar-refractivity contribution in [3.8, 4) is 5.75 Å². The molecular weight excluding hydrogens is 354 g/mol. The molecule has 1 aliphatic carbocycles. The zero-order chi connectivity index (χ0) is 19.7. The minimum Gasteiger partial charge on any atom is -0.423 e. The standard InChI is InChI=1S/C23H23NO4/c1-2-15-10-12-18(13-11-15)28-23(27)16-6-5-7-17(14-16)24-21(25)19-8-3-4-9-20(19)22(24)26/h5-7,10-14,19-20H,2-4,8-9H2,1H3/t19-,20-/m1/s1. The van der Waals surface area contributed by atoms with E-state index in [1.54, 1.807) is 36.4 Å². The summed E-state index contributed by atoms with van der Waals surface area (Å²) >= 11 is 0. The highest BCUT2D eigenvalue weighted by atomic mass is 16.5. The van der Waals surface area contributed by atoms with Crippen LogP contribution in [0.4, 0.5) is 5.69 Å². The number of benzene rings is 2. The van der Waals surface area contributed by atoms with Crippen molar-refractivity contribution in [3.05, 3.63) is 59.7 Å². The van der Waals surface area contributed by atoms with Crippen LogP contribution in [0.1, 0.15) is 48.5 Å². The Bertz CT molecular complexity index is 894. The number of nitrogens with zero attached hydrogens (tertiary/aromatic N) is 1. The minimum absolute atomic E-state index is 0.143. The smallest absolute Gasteiger partial charge is 0.343 e. The van der Waals surface area contributed by atoms with Crippen LogP contribution in [0.15, 0.2) is 48.5 Å². The fourth-order valence-corrected chi connectivity index (χ4v) is 4.15. The van der Waals surface area contributed by atoms with Gasteiger partial charge in [-0.2, -0.15) is 0 Å². The van der Waals surface area contributed by atoms with Gasteiger partial charge in [0.25, 0.3) is 0 Å². The van der Waals surface area contributed by atoms with E-state index < -0.39 is 5.97 Å². The number of hydrogen-bond donors (Lipinski definition) is 0. The van der Waals surface area contributed by atoms with Gasteiger partial charge < -0.3 is 4.74 Å². The van der Waals surface area contributed by atoms with Crippen molar-refractivity contribution in [1.82, 2.24) is 0 Å². The van der Waals surface area contributed by atoms with Crippen molar-refractivity contribution in [3.63, 3.8) is 0 Å². The molecule has 0 N–H and O–H groups in total. The molecular formula is C23H23NO4. The van der Waals surface area contributed by atoms with Crippen LogP contribution in [0.5, 0.6) is 5.75 Å². The van der Waals surface area contributed by atoms with Crippen molar-refractivity contribution < 1.29 is 19.1 Å². The van der Waals surface area contributed by atoms with Gasteiger partial charge in [0.2, 0.25) is 11.8 Å². The molecule has 1 saturated carbocycles. The topological polar surface area (TPSA) is 63.7 Å². The summed E-state index contributed by atoms with van der Waals surface area (Å²) in [5.41, 5.74) is 1.92. The van der Waals surface area contributed by atoms with Crippen molar-refractivity contribution >= 4 is 23.5 Å². The van der Waals surface area contributed by atoms with Crippen LogP contribution in [0.25, 0.3) is 0 Å². The normalized spacial score (nSPS) is 21.5. The summed E-state index contributed by atoms with van der Waals surface area (Å²) in [6.07, 6.45) is 4.41. The van der Waals surface area contributed by atoms with Crippen LogP contribution in [0.2, 0.25) is 0 Å². The molecule has 0 bridgehead atoms. The lowest BCUT2D eigenvalue weighted by Gasteiger charge is -2.19. The quantitative estimate of drug-likeness (QED) is 0.456. The first-order valence-corrected chi connectivity index (χ1v) is 9.87. The maximum atomic E-state index is 12.8. The summed E-state index contributed by atoms with van der Waals surface area (Å²) in [6.45, 7) is 2.06. The van der Waals surface area contributed by atoms with Crippen LogP contribution in [-0.4, -0.2) is 17.8 Å². The predicted molar refractivity (Wildman–Crippen MR) is 105 cm³/mol. The first kappa shape index (κ1) is 18.4. The molecule has 0 spiro atoms. The number of carbonyl (C=O) groups is 3. The molecule has 4 rings (SSSR count). The summed E-state index contributed by atoms with van der Waals surface area (Å²) in [5.74, 6) is -0.761. The van der Waals surface area contributed by atoms with Crippen LogP contribution in [-0.2, 0) is 16.0 Å². The van der Waals surface area contributed by atoms with E-state index in [2.05, 4.69) is 6.92 Å². The third kappa shape index (κ3) is 3.33.